The number of rotatable bonds is 17. The molecule has 0 fully saturated rings. The van der Waals surface area contributed by atoms with Gasteiger partial charge in [-0.2, -0.15) is 0 Å². The van der Waals surface area contributed by atoms with Crippen molar-refractivity contribution in [1.29, 1.82) is 0 Å². The average Bonchev–Trinajstić information content (AvgIpc) is 3.94. The van der Waals surface area contributed by atoms with Crippen LogP contribution in [0.3, 0.4) is 0 Å². The Balaban J connectivity index is 0.901. The van der Waals surface area contributed by atoms with Gasteiger partial charge < -0.3 is 37.9 Å². The summed E-state index contributed by atoms with van der Waals surface area (Å²) < 4.78 is 43.4. The number of aryl methyl sites for hydroxylation is 2. The van der Waals surface area contributed by atoms with Crippen molar-refractivity contribution in [3.8, 4) is 34.5 Å². The second-order valence-corrected chi connectivity index (χ2v) is 15.5. The highest BCUT2D eigenvalue weighted by Crippen LogP contribution is 2.54. The van der Waals surface area contributed by atoms with E-state index in [0.717, 1.165) is 34.4 Å². The molecule has 0 amide bonds. The van der Waals surface area contributed by atoms with E-state index in [1.54, 1.807) is 36.4 Å². The minimum atomic E-state index is -0.654. The van der Waals surface area contributed by atoms with Crippen molar-refractivity contribution >= 4 is 35.8 Å². The highest BCUT2D eigenvalue weighted by Gasteiger charge is 2.49. The molecule has 8 rings (SSSR count). The van der Waals surface area contributed by atoms with Crippen LogP contribution in [0, 0.1) is 0 Å². The van der Waals surface area contributed by atoms with Gasteiger partial charge in [-0.15, -0.1) is 0 Å². The van der Waals surface area contributed by atoms with E-state index < -0.39 is 41.2 Å². The number of hydrogen-bond acceptors (Lipinski definition) is 14. The van der Waals surface area contributed by atoms with E-state index in [2.05, 4.69) is 13.2 Å². The topological polar surface area (TPSA) is 176 Å². The highest BCUT2D eigenvalue weighted by atomic mass is 16.7. The van der Waals surface area contributed by atoms with Crippen LogP contribution in [0.15, 0.2) is 159 Å². The molecule has 0 radical (unpaired) electrons. The fourth-order valence-electron chi connectivity index (χ4n) is 8.29. The second kappa shape index (κ2) is 20.6. The summed E-state index contributed by atoms with van der Waals surface area (Å²) in [7, 11) is 0. The van der Waals surface area contributed by atoms with Gasteiger partial charge in [0.15, 0.2) is 0 Å². The van der Waals surface area contributed by atoms with Crippen molar-refractivity contribution in [3.63, 3.8) is 0 Å². The summed E-state index contributed by atoms with van der Waals surface area (Å²) in [6.45, 7) is 6.51. The largest absolute Gasteiger partial charge is 0.490 e. The van der Waals surface area contributed by atoms with Crippen LogP contribution in [-0.4, -0.2) is 55.8 Å². The van der Waals surface area contributed by atoms with Gasteiger partial charge in [0.25, 0.3) is 0 Å². The summed E-state index contributed by atoms with van der Waals surface area (Å²) in [6, 6.07) is 35.7. The van der Waals surface area contributed by atoms with Gasteiger partial charge in [0.2, 0.25) is 6.79 Å². The van der Waals surface area contributed by atoms with Crippen LogP contribution in [0.1, 0.15) is 76.5 Å². The van der Waals surface area contributed by atoms with Gasteiger partial charge in [-0.1, -0.05) is 37.4 Å². The van der Waals surface area contributed by atoms with Crippen LogP contribution in [0.2, 0.25) is 0 Å². The molecule has 0 bridgehead atoms. The van der Waals surface area contributed by atoms with Crippen LogP contribution in [0.25, 0.3) is 0 Å². The summed E-state index contributed by atoms with van der Waals surface area (Å²) in [6.07, 6.45) is 4.81. The highest BCUT2D eigenvalue weighted by molar-refractivity contribution is 5.97. The Morgan fingerprint density at radius 1 is 0.441 bits per heavy atom. The number of carbonyl (C=O) groups is 6. The third-order valence-corrected chi connectivity index (χ3v) is 11.4. The lowest BCUT2D eigenvalue weighted by Gasteiger charge is -2.30. The molecule has 1 atom stereocenters. The summed E-state index contributed by atoms with van der Waals surface area (Å²) >= 11 is 0. The first-order valence-electron chi connectivity index (χ1n) is 21.4. The Hall–Kier alpha value is -8.78. The normalized spacial score (nSPS) is 14.1. The molecule has 1 unspecified atom stereocenters. The zero-order chi connectivity index (χ0) is 47.6. The molecular formula is C54H42O14. The maximum absolute atomic E-state index is 14.1. The monoisotopic (exact) mass is 914 g/mol. The lowest BCUT2D eigenvalue weighted by molar-refractivity contribution is -0.144. The van der Waals surface area contributed by atoms with Crippen LogP contribution in [-0.2, 0) is 37.3 Å². The molecule has 6 aromatic rings. The average molecular weight is 915 g/mol. The Bertz CT molecular complexity index is 2900. The van der Waals surface area contributed by atoms with E-state index >= 15 is 0 Å². The fraction of sp³-hybridized carbons (Fsp3) is 0.148. The summed E-state index contributed by atoms with van der Waals surface area (Å²) in [5, 5.41) is 0. The summed E-state index contributed by atoms with van der Waals surface area (Å²) in [5.41, 5.74) is 4.28. The molecule has 1 spiro atoms. The standard InChI is InChI=1S/C54H42O14/c1-3-46(55)62-32-31-61-38-15-11-36(12-16-38)50(57)65-40-19-23-42(24-20-40)67-52(59)44-9-5-7-34-27-29-54(48(34)44)30-28-35-8-6-10-45(49(35)54)53(60)68-43-25-21-41(22-26-43)66-51(58)37-13-17-39(18-14-37)63-33-64-47(56)4-2/h3-26H,1-2,27-33H2. The van der Waals surface area contributed by atoms with Crippen molar-refractivity contribution in [2.45, 2.75) is 31.1 Å². The first kappa shape index (κ1) is 45.8. The number of esters is 6. The molecule has 0 saturated carbocycles. The molecule has 2 aliphatic carbocycles. The Kier molecular flexibility index (Phi) is 13.9. The lowest BCUT2D eigenvalue weighted by Crippen LogP contribution is -2.28. The number of fused-ring (bicyclic) bond motifs is 4. The van der Waals surface area contributed by atoms with Crippen molar-refractivity contribution in [2.24, 2.45) is 0 Å². The third kappa shape index (κ3) is 10.3. The van der Waals surface area contributed by atoms with E-state index in [9.17, 15) is 28.8 Å². The smallest absolute Gasteiger partial charge is 0.343 e. The first-order chi connectivity index (χ1) is 33.0. The van der Waals surface area contributed by atoms with Crippen LogP contribution >= 0.6 is 0 Å². The fourth-order valence-corrected chi connectivity index (χ4v) is 8.29. The SMILES string of the molecule is C=CC(=O)OCCOc1ccc(C(=O)Oc2ccc(OC(=O)c3cccc4c3C3(CC4)CCc4cccc(C(=O)Oc5ccc(OC(=O)c6ccc(OCOC(=O)C=C)cc6)cc5)c43)cc2)cc1. The van der Waals surface area contributed by atoms with Crippen LogP contribution in [0.4, 0.5) is 0 Å². The van der Waals surface area contributed by atoms with Crippen LogP contribution in [0.5, 0.6) is 34.5 Å². The van der Waals surface area contributed by atoms with Crippen LogP contribution < -0.4 is 28.4 Å². The first-order valence-corrected chi connectivity index (χ1v) is 21.4. The molecule has 342 valence electrons. The van der Waals surface area contributed by atoms with E-state index in [4.69, 9.17) is 37.9 Å². The summed E-state index contributed by atoms with van der Waals surface area (Å²) in [5.74, 6) is -1.77. The maximum Gasteiger partial charge on any atom is 0.343 e. The quantitative estimate of drug-likeness (QED) is 0.0279. The molecule has 68 heavy (non-hydrogen) atoms. The van der Waals surface area contributed by atoms with E-state index in [0.29, 0.717) is 48.3 Å². The molecule has 6 aromatic carbocycles. The van der Waals surface area contributed by atoms with Crippen molar-refractivity contribution in [2.75, 3.05) is 20.0 Å². The minimum absolute atomic E-state index is 0.0462. The Morgan fingerprint density at radius 2 is 0.824 bits per heavy atom. The minimum Gasteiger partial charge on any atom is -0.490 e. The molecule has 14 heteroatoms. The molecule has 0 N–H and O–H groups in total. The van der Waals surface area contributed by atoms with Gasteiger partial charge in [-0.05, 0) is 157 Å². The predicted octanol–water partition coefficient (Wildman–Crippen LogP) is 8.92. The van der Waals surface area contributed by atoms with Crippen molar-refractivity contribution in [1.82, 2.24) is 0 Å². The number of carbonyl (C=O) groups excluding carboxylic acids is 6. The van der Waals surface area contributed by atoms with Gasteiger partial charge in [-0.25, -0.2) is 28.8 Å². The van der Waals surface area contributed by atoms with Gasteiger partial charge >= 0.3 is 35.8 Å². The van der Waals surface area contributed by atoms with Gasteiger partial charge in [-0.3, -0.25) is 0 Å². The molecule has 0 aliphatic heterocycles. The maximum atomic E-state index is 14.1. The Labute approximate surface area is 390 Å². The van der Waals surface area contributed by atoms with Gasteiger partial charge in [0.05, 0.1) is 22.3 Å². The van der Waals surface area contributed by atoms with E-state index in [1.165, 1.54) is 72.8 Å². The van der Waals surface area contributed by atoms with Gasteiger partial charge in [0, 0.05) is 17.6 Å². The predicted molar refractivity (Wildman–Crippen MR) is 244 cm³/mol. The van der Waals surface area contributed by atoms with Crippen molar-refractivity contribution in [3.05, 3.63) is 203 Å². The molecule has 0 aromatic heterocycles. The molecular weight excluding hydrogens is 873 g/mol. The zero-order valence-corrected chi connectivity index (χ0v) is 36.4. The second-order valence-electron chi connectivity index (χ2n) is 15.5. The number of ether oxygens (including phenoxy) is 8. The third-order valence-electron chi connectivity index (χ3n) is 11.4. The zero-order valence-electron chi connectivity index (χ0n) is 36.4. The van der Waals surface area contributed by atoms with E-state index in [1.807, 2.05) is 24.3 Å². The van der Waals surface area contributed by atoms with Gasteiger partial charge in [0.1, 0.15) is 47.7 Å². The van der Waals surface area contributed by atoms with Crippen molar-refractivity contribution < 1.29 is 66.7 Å². The molecule has 0 heterocycles. The molecule has 0 saturated heterocycles. The molecule has 14 nitrogen and oxygen atoms in total. The van der Waals surface area contributed by atoms with E-state index in [-0.39, 0.29) is 54.1 Å². The number of hydrogen-bond donors (Lipinski definition) is 0. The lowest BCUT2D eigenvalue weighted by atomic mass is 9.73. The number of benzene rings is 6. The Morgan fingerprint density at radius 3 is 1.25 bits per heavy atom. The molecule has 2 aliphatic rings. The summed E-state index contributed by atoms with van der Waals surface area (Å²) in [4.78, 5) is 76.2.